The molecule has 0 fully saturated rings. The lowest BCUT2D eigenvalue weighted by atomic mass is 10.1. The first kappa shape index (κ1) is 13.6. The number of nitrogens with zero attached hydrogens (tertiary/aromatic N) is 2. The monoisotopic (exact) mass is 281 g/mol. The summed E-state index contributed by atoms with van der Waals surface area (Å²) in [5.41, 5.74) is 11.0. The fraction of sp³-hybridized carbons (Fsp3) is 0.235. The van der Waals surface area contributed by atoms with Gasteiger partial charge in [0.05, 0.1) is 12.3 Å². The summed E-state index contributed by atoms with van der Waals surface area (Å²) in [5.74, 6) is 0.880. The lowest BCUT2D eigenvalue weighted by Crippen LogP contribution is -1.99. The average Bonchev–Trinajstić information content (AvgIpc) is 2.86. The van der Waals surface area contributed by atoms with E-state index in [-0.39, 0.29) is 0 Å². The van der Waals surface area contributed by atoms with Crippen LogP contribution in [-0.2, 0) is 6.54 Å². The minimum atomic E-state index is 0.490. The maximum Gasteiger partial charge on any atom is 0.142 e. The number of aryl methyl sites for hydroxylation is 1. The summed E-state index contributed by atoms with van der Waals surface area (Å²) >= 11 is 0. The molecule has 3 rings (SSSR count). The summed E-state index contributed by atoms with van der Waals surface area (Å²) in [7, 11) is 0. The zero-order valence-corrected chi connectivity index (χ0v) is 12.3. The van der Waals surface area contributed by atoms with E-state index < -0.39 is 0 Å². The quantitative estimate of drug-likeness (QED) is 0.799. The Bertz CT molecular complexity index is 760. The van der Waals surface area contributed by atoms with Gasteiger partial charge in [-0.15, -0.1) is 0 Å². The SMILES string of the molecule is CCOc1ccc(-c2nc3c(CN)cccn3c2C)cc1. The number of pyridine rings is 1. The van der Waals surface area contributed by atoms with Gasteiger partial charge in [-0.2, -0.15) is 0 Å². The Balaban J connectivity index is 2.09. The zero-order valence-electron chi connectivity index (χ0n) is 12.3. The van der Waals surface area contributed by atoms with Crippen LogP contribution < -0.4 is 10.5 Å². The Labute approximate surface area is 124 Å². The molecule has 0 atom stereocenters. The van der Waals surface area contributed by atoms with Gasteiger partial charge in [0.1, 0.15) is 11.4 Å². The molecule has 1 aromatic carbocycles. The number of hydrogen-bond donors (Lipinski definition) is 1. The summed E-state index contributed by atoms with van der Waals surface area (Å²) in [6.45, 7) is 5.22. The van der Waals surface area contributed by atoms with Gasteiger partial charge in [0, 0.05) is 29.6 Å². The zero-order chi connectivity index (χ0) is 14.8. The van der Waals surface area contributed by atoms with E-state index in [1.807, 2.05) is 49.5 Å². The first-order chi connectivity index (χ1) is 10.2. The van der Waals surface area contributed by atoms with E-state index in [4.69, 9.17) is 15.5 Å². The fourth-order valence-electron chi connectivity index (χ4n) is 2.55. The first-order valence-electron chi connectivity index (χ1n) is 7.14. The molecule has 0 amide bonds. The van der Waals surface area contributed by atoms with E-state index in [2.05, 4.69) is 11.3 Å². The minimum Gasteiger partial charge on any atom is -0.494 e. The van der Waals surface area contributed by atoms with Crippen molar-refractivity contribution >= 4 is 5.65 Å². The van der Waals surface area contributed by atoms with E-state index >= 15 is 0 Å². The van der Waals surface area contributed by atoms with Crippen LogP contribution in [-0.4, -0.2) is 16.0 Å². The third-order valence-electron chi connectivity index (χ3n) is 3.63. The Kier molecular flexibility index (Phi) is 3.62. The molecule has 0 spiro atoms. The van der Waals surface area contributed by atoms with Crippen LogP contribution in [0.5, 0.6) is 5.75 Å². The van der Waals surface area contributed by atoms with Gasteiger partial charge in [0.25, 0.3) is 0 Å². The predicted octanol–water partition coefficient (Wildman–Crippen LogP) is 3.17. The van der Waals surface area contributed by atoms with Crippen molar-refractivity contribution in [1.29, 1.82) is 0 Å². The smallest absolute Gasteiger partial charge is 0.142 e. The molecule has 2 N–H and O–H groups in total. The average molecular weight is 281 g/mol. The maximum atomic E-state index is 5.80. The van der Waals surface area contributed by atoms with Crippen LogP contribution in [0, 0.1) is 6.92 Å². The van der Waals surface area contributed by atoms with Crippen molar-refractivity contribution < 1.29 is 4.74 Å². The number of rotatable bonds is 4. The van der Waals surface area contributed by atoms with Crippen LogP contribution in [0.15, 0.2) is 42.6 Å². The van der Waals surface area contributed by atoms with Crippen LogP contribution in [0.1, 0.15) is 18.2 Å². The van der Waals surface area contributed by atoms with Crippen LogP contribution in [0.3, 0.4) is 0 Å². The standard InChI is InChI=1S/C17H19N3O/c1-3-21-15-8-6-13(7-9-15)16-12(2)20-10-4-5-14(11-18)17(20)19-16/h4-10H,3,11,18H2,1-2H3. The highest BCUT2D eigenvalue weighted by Crippen LogP contribution is 2.26. The van der Waals surface area contributed by atoms with Crippen molar-refractivity contribution in [3.05, 3.63) is 53.9 Å². The number of imidazole rings is 1. The molecule has 0 aliphatic rings. The van der Waals surface area contributed by atoms with Crippen LogP contribution in [0.2, 0.25) is 0 Å². The number of hydrogen-bond acceptors (Lipinski definition) is 3. The highest BCUT2D eigenvalue weighted by Gasteiger charge is 2.12. The van der Waals surface area contributed by atoms with E-state index in [0.717, 1.165) is 33.9 Å². The van der Waals surface area contributed by atoms with Crippen molar-refractivity contribution in [3.63, 3.8) is 0 Å². The molecular formula is C17H19N3O. The molecular weight excluding hydrogens is 262 g/mol. The van der Waals surface area contributed by atoms with Crippen LogP contribution >= 0.6 is 0 Å². The number of aromatic nitrogens is 2. The van der Waals surface area contributed by atoms with Gasteiger partial charge in [-0.25, -0.2) is 4.98 Å². The number of fused-ring (bicyclic) bond motifs is 1. The fourth-order valence-corrected chi connectivity index (χ4v) is 2.55. The molecule has 0 aliphatic carbocycles. The molecule has 0 unspecified atom stereocenters. The van der Waals surface area contributed by atoms with Crippen molar-refractivity contribution in [3.8, 4) is 17.0 Å². The second-order valence-corrected chi connectivity index (χ2v) is 4.93. The Hall–Kier alpha value is -2.33. The highest BCUT2D eigenvalue weighted by atomic mass is 16.5. The molecule has 0 bridgehead atoms. The van der Waals surface area contributed by atoms with Crippen molar-refractivity contribution in [1.82, 2.24) is 9.38 Å². The molecule has 2 aromatic heterocycles. The summed E-state index contributed by atoms with van der Waals surface area (Å²) in [5, 5.41) is 0. The van der Waals surface area contributed by atoms with Gasteiger partial charge >= 0.3 is 0 Å². The second kappa shape index (κ2) is 5.58. The largest absolute Gasteiger partial charge is 0.494 e. The third-order valence-corrected chi connectivity index (χ3v) is 3.63. The second-order valence-electron chi connectivity index (χ2n) is 4.93. The van der Waals surface area contributed by atoms with E-state index in [9.17, 15) is 0 Å². The molecule has 108 valence electrons. The van der Waals surface area contributed by atoms with Gasteiger partial charge < -0.3 is 14.9 Å². The van der Waals surface area contributed by atoms with Crippen molar-refractivity contribution in [2.75, 3.05) is 6.61 Å². The van der Waals surface area contributed by atoms with Crippen molar-refractivity contribution in [2.24, 2.45) is 5.73 Å². The molecule has 0 radical (unpaired) electrons. The van der Waals surface area contributed by atoms with Gasteiger partial charge in [0.2, 0.25) is 0 Å². The summed E-state index contributed by atoms with van der Waals surface area (Å²) in [4.78, 5) is 4.77. The molecule has 0 saturated carbocycles. The summed E-state index contributed by atoms with van der Waals surface area (Å²) in [6.07, 6.45) is 2.02. The van der Waals surface area contributed by atoms with Gasteiger partial charge in [-0.05, 0) is 44.2 Å². The number of ether oxygens (including phenoxy) is 1. The minimum absolute atomic E-state index is 0.490. The molecule has 4 heteroatoms. The van der Waals surface area contributed by atoms with Crippen LogP contribution in [0.25, 0.3) is 16.9 Å². The Morgan fingerprint density at radius 1 is 1.19 bits per heavy atom. The molecule has 2 heterocycles. The molecule has 3 aromatic rings. The maximum absolute atomic E-state index is 5.80. The van der Waals surface area contributed by atoms with Gasteiger partial charge in [-0.3, -0.25) is 0 Å². The van der Waals surface area contributed by atoms with Crippen LogP contribution in [0.4, 0.5) is 0 Å². The number of benzene rings is 1. The third kappa shape index (κ3) is 2.38. The predicted molar refractivity (Wildman–Crippen MR) is 84.4 cm³/mol. The van der Waals surface area contributed by atoms with E-state index in [1.54, 1.807) is 0 Å². The molecule has 0 saturated heterocycles. The first-order valence-corrected chi connectivity index (χ1v) is 7.14. The molecule has 4 nitrogen and oxygen atoms in total. The number of nitrogens with two attached hydrogens (primary N) is 1. The Morgan fingerprint density at radius 3 is 2.62 bits per heavy atom. The lowest BCUT2D eigenvalue weighted by molar-refractivity contribution is 0.340. The van der Waals surface area contributed by atoms with Gasteiger partial charge in [0.15, 0.2) is 0 Å². The van der Waals surface area contributed by atoms with E-state index in [1.165, 1.54) is 0 Å². The summed E-state index contributed by atoms with van der Waals surface area (Å²) < 4.78 is 7.57. The topological polar surface area (TPSA) is 52.5 Å². The lowest BCUT2D eigenvalue weighted by Gasteiger charge is -2.04. The highest BCUT2D eigenvalue weighted by molar-refractivity contribution is 5.68. The molecule has 0 aliphatic heterocycles. The molecule has 21 heavy (non-hydrogen) atoms. The summed E-state index contributed by atoms with van der Waals surface area (Å²) in [6, 6.07) is 12.1. The van der Waals surface area contributed by atoms with E-state index in [0.29, 0.717) is 13.2 Å². The van der Waals surface area contributed by atoms with Gasteiger partial charge in [-0.1, -0.05) is 6.07 Å². The van der Waals surface area contributed by atoms with Crippen molar-refractivity contribution in [2.45, 2.75) is 20.4 Å². The Morgan fingerprint density at radius 2 is 1.95 bits per heavy atom. The normalized spacial score (nSPS) is 11.0.